The molecule has 1 aliphatic rings. The Bertz CT molecular complexity index is 1080. The zero-order valence-electron chi connectivity index (χ0n) is 16.9. The van der Waals surface area contributed by atoms with Crippen LogP contribution in [0, 0.1) is 19.7 Å². The molecular formula is C21H22FN5O3. The van der Waals surface area contributed by atoms with Gasteiger partial charge in [-0.15, -0.1) is 0 Å². The summed E-state index contributed by atoms with van der Waals surface area (Å²) in [6, 6.07) is 7.89. The Morgan fingerprint density at radius 2 is 2.13 bits per heavy atom. The fourth-order valence-electron chi connectivity index (χ4n) is 3.08. The molecule has 2 aromatic heterocycles. The number of methoxy groups -OCH3 is 1. The topological polar surface area (TPSA) is 82.8 Å². The standard InChI is InChI=1S/C21H22FN5O3/c1-13-8-15(22)4-7-19(13)29-10-16-11-30-26-20(24-16)17-5-6-18(21(25-17)28-3)27-9-14(2)23-12-27/h4-9,12,16H,10-11H2,1-3H3,(H,24,26)/t16-/m0/s1. The number of hydrogen-bond acceptors (Lipinski definition) is 7. The number of nitrogens with one attached hydrogen (secondary N) is 1. The van der Waals surface area contributed by atoms with Crippen LogP contribution in [0.25, 0.3) is 5.69 Å². The van der Waals surface area contributed by atoms with E-state index in [0.29, 0.717) is 36.4 Å². The molecule has 0 saturated heterocycles. The van der Waals surface area contributed by atoms with Crippen molar-refractivity contribution >= 4 is 5.84 Å². The maximum atomic E-state index is 13.3. The molecule has 1 atom stereocenters. The van der Waals surface area contributed by atoms with Gasteiger partial charge in [-0.25, -0.2) is 19.8 Å². The summed E-state index contributed by atoms with van der Waals surface area (Å²) in [4.78, 5) is 18.9. The third kappa shape index (κ3) is 4.25. The first kappa shape index (κ1) is 19.8. The summed E-state index contributed by atoms with van der Waals surface area (Å²) in [6.07, 6.45) is 3.60. The molecule has 0 bridgehead atoms. The van der Waals surface area contributed by atoms with Gasteiger partial charge in [0.1, 0.15) is 42.2 Å². The van der Waals surface area contributed by atoms with Crippen molar-refractivity contribution < 1.29 is 18.7 Å². The summed E-state index contributed by atoms with van der Waals surface area (Å²) >= 11 is 0. The van der Waals surface area contributed by atoms with Gasteiger partial charge in [0.15, 0.2) is 5.84 Å². The van der Waals surface area contributed by atoms with Gasteiger partial charge >= 0.3 is 0 Å². The normalized spacial score (nSPS) is 16.0. The third-order valence-corrected chi connectivity index (χ3v) is 4.59. The lowest BCUT2D eigenvalue weighted by Gasteiger charge is -2.22. The lowest BCUT2D eigenvalue weighted by molar-refractivity contribution is 0.0511. The number of nitrogens with zero attached hydrogens (tertiary/aromatic N) is 4. The number of rotatable bonds is 6. The van der Waals surface area contributed by atoms with E-state index in [1.807, 2.05) is 29.8 Å². The minimum absolute atomic E-state index is 0.241. The zero-order chi connectivity index (χ0) is 21.1. The van der Waals surface area contributed by atoms with E-state index in [-0.39, 0.29) is 11.9 Å². The van der Waals surface area contributed by atoms with Gasteiger partial charge in [0.25, 0.3) is 0 Å². The molecule has 0 aliphatic carbocycles. The number of aryl methyl sites for hydroxylation is 2. The zero-order valence-corrected chi connectivity index (χ0v) is 16.9. The number of imidazole rings is 1. The molecule has 9 heteroatoms. The highest BCUT2D eigenvalue weighted by molar-refractivity contribution is 5.97. The fraction of sp³-hybridized carbons (Fsp3) is 0.286. The Hall–Kier alpha value is -3.46. The Kier molecular flexibility index (Phi) is 5.62. The molecule has 8 nitrogen and oxygen atoms in total. The number of hydrogen-bond donors (Lipinski definition) is 1. The maximum Gasteiger partial charge on any atom is 0.238 e. The minimum Gasteiger partial charge on any atom is -0.491 e. The fourth-order valence-corrected chi connectivity index (χ4v) is 3.08. The molecule has 0 unspecified atom stereocenters. The maximum absolute atomic E-state index is 13.3. The number of aromatic nitrogens is 3. The van der Waals surface area contributed by atoms with Crippen molar-refractivity contribution in [3.05, 3.63) is 65.6 Å². The van der Waals surface area contributed by atoms with E-state index in [2.05, 4.69) is 20.4 Å². The van der Waals surface area contributed by atoms with Crippen LogP contribution >= 0.6 is 0 Å². The van der Waals surface area contributed by atoms with Gasteiger partial charge in [0, 0.05) is 6.20 Å². The molecule has 1 N–H and O–H groups in total. The highest BCUT2D eigenvalue weighted by atomic mass is 19.1. The molecule has 1 aromatic carbocycles. The monoisotopic (exact) mass is 411 g/mol. The van der Waals surface area contributed by atoms with E-state index < -0.39 is 0 Å². The van der Waals surface area contributed by atoms with Gasteiger partial charge in [-0.05, 0) is 49.7 Å². The van der Waals surface area contributed by atoms with Crippen molar-refractivity contribution in [3.63, 3.8) is 0 Å². The summed E-state index contributed by atoms with van der Waals surface area (Å²) < 4.78 is 26.4. The summed E-state index contributed by atoms with van der Waals surface area (Å²) in [6.45, 7) is 4.35. The molecule has 0 spiro atoms. The van der Waals surface area contributed by atoms with Gasteiger partial charge in [-0.1, -0.05) is 0 Å². The first-order valence-corrected chi connectivity index (χ1v) is 9.44. The molecule has 3 heterocycles. The van der Waals surface area contributed by atoms with E-state index in [1.54, 1.807) is 26.4 Å². The second-order valence-corrected chi connectivity index (χ2v) is 6.91. The van der Waals surface area contributed by atoms with Crippen LogP contribution in [-0.4, -0.2) is 46.7 Å². The highest BCUT2D eigenvalue weighted by Crippen LogP contribution is 2.22. The van der Waals surface area contributed by atoms with Crippen molar-refractivity contribution in [1.29, 1.82) is 0 Å². The number of amidine groups is 1. The van der Waals surface area contributed by atoms with Crippen molar-refractivity contribution in [2.45, 2.75) is 19.9 Å². The molecule has 0 fully saturated rings. The Balaban J connectivity index is 1.52. The molecule has 3 aromatic rings. The SMILES string of the molecule is COc1nc(C2=N[C@@H](COc3ccc(F)cc3C)CON2)ccc1-n1cnc(C)c1. The first-order chi connectivity index (χ1) is 14.5. The lowest BCUT2D eigenvalue weighted by Crippen LogP contribution is -2.38. The summed E-state index contributed by atoms with van der Waals surface area (Å²) in [5, 5.41) is 0. The van der Waals surface area contributed by atoms with Crippen LogP contribution in [0.3, 0.4) is 0 Å². The van der Waals surface area contributed by atoms with E-state index in [4.69, 9.17) is 14.3 Å². The van der Waals surface area contributed by atoms with Crippen molar-refractivity contribution in [3.8, 4) is 17.3 Å². The molecule has 0 radical (unpaired) electrons. The van der Waals surface area contributed by atoms with Gasteiger partial charge in [-0.2, -0.15) is 0 Å². The van der Waals surface area contributed by atoms with Crippen LogP contribution in [0.15, 0.2) is 47.8 Å². The smallest absolute Gasteiger partial charge is 0.238 e. The van der Waals surface area contributed by atoms with E-state index in [9.17, 15) is 4.39 Å². The van der Waals surface area contributed by atoms with Crippen molar-refractivity contribution in [2.75, 3.05) is 20.3 Å². The van der Waals surface area contributed by atoms with Gasteiger partial charge in [0.2, 0.25) is 5.88 Å². The molecule has 4 rings (SSSR count). The lowest BCUT2D eigenvalue weighted by atomic mass is 10.2. The Labute approximate surface area is 173 Å². The molecule has 1 aliphatic heterocycles. The number of hydroxylamine groups is 1. The van der Waals surface area contributed by atoms with Crippen LogP contribution in [0.4, 0.5) is 4.39 Å². The Morgan fingerprint density at radius 1 is 1.27 bits per heavy atom. The summed E-state index contributed by atoms with van der Waals surface area (Å²) in [7, 11) is 1.56. The average Bonchev–Trinajstić information content (AvgIpc) is 3.19. The van der Waals surface area contributed by atoms with Crippen LogP contribution in [0.1, 0.15) is 17.0 Å². The quantitative estimate of drug-likeness (QED) is 0.672. The number of aliphatic imine (C=N–C) groups is 1. The van der Waals surface area contributed by atoms with Crippen molar-refractivity contribution in [1.82, 2.24) is 20.0 Å². The highest BCUT2D eigenvalue weighted by Gasteiger charge is 2.20. The van der Waals surface area contributed by atoms with E-state index in [1.165, 1.54) is 12.1 Å². The van der Waals surface area contributed by atoms with Crippen LogP contribution in [0.2, 0.25) is 0 Å². The predicted octanol–water partition coefficient (Wildman–Crippen LogP) is 2.76. The first-order valence-electron chi connectivity index (χ1n) is 9.44. The van der Waals surface area contributed by atoms with Crippen LogP contribution in [0.5, 0.6) is 11.6 Å². The second kappa shape index (κ2) is 8.50. The average molecular weight is 411 g/mol. The van der Waals surface area contributed by atoms with Gasteiger partial charge < -0.3 is 14.0 Å². The second-order valence-electron chi connectivity index (χ2n) is 6.91. The number of pyridine rings is 1. The van der Waals surface area contributed by atoms with Gasteiger partial charge in [-0.3, -0.25) is 9.83 Å². The Morgan fingerprint density at radius 3 is 2.87 bits per heavy atom. The molecule has 30 heavy (non-hydrogen) atoms. The minimum atomic E-state index is -0.292. The van der Waals surface area contributed by atoms with Gasteiger partial charge in [0.05, 0.1) is 19.1 Å². The summed E-state index contributed by atoms with van der Waals surface area (Å²) in [5.41, 5.74) is 5.78. The number of ether oxygens (including phenoxy) is 2. The molecular weight excluding hydrogens is 389 g/mol. The van der Waals surface area contributed by atoms with E-state index in [0.717, 1.165) is 16.9 Å². The third-order valence-electron chi connectivity index (χ3n) is 4.59. The summed E-state index contributed by atoms with van der Waals surface area (Å²) in [5.74, 6) is 1.25. The molecule has 0 saturated carbocycles. The predicted molar refractivity (Wildman–Crippen MR) is 109 cm³/mol. The van der Waals surface area contributed by atoms with Crippen LogP contribution < -0.4 is 15.0 Å². The number of benzene rings is 1. The molecule has 156 valence electrons. The largest absolute Gasteiger partial charge is 0.491 e. The van der Waals surface area contributed by atoms with E-state index >= 15 is 0 Å². The number of halogens is 1. The molecule has 0 amide bonds. The van der Waals surface area contributed by atoms with Crippen molar-refractivity contribution in [2.24, 2.45) is 4.99 Å². The van der Waals surface area contributed by atoms with Crippen LogP contribution in [-0.2, 0) is 4.84 Å².